The molecule has 1 aromatic rings. The number of nitrogens with one attached hydrogen (secondary N) is 1. The minimum Gasteiger partial charge on any atom is -0.380 e. The van der Waals surface area contributed by atoms with Gasteiger partial charge in [-0.2, -0.15) is 13.2 Å². The average Bonchev–Trinajstić information content (AvgIpc) is 2.41. The van der Waals surface area contributed by atoms with Crippen LogP contribution in [-0.2, 0) is 10.9 Å². The van der Waals surface area contributed by atoms with Gasteiger partial charge in [0.1, 0.15) is 5.82 Å². The number of carbonyl (C=O) groups is 1. The first kappa shape index (κ1) is 17.4. The molecule has 1 aromatic carbocycles. The zero-order valence-electron chi connectivity index (χ0n) is 11.2. The van der Waals surface area contributed by atoms with Crippen LogP contribution in [0.3, 0.4) is 0 Å². The summed E-state index contributed by atoms with van der Waals surface area (Å²) in [5, 5.41) is 2.43. The molecule has 0 aromatic heterocycles. The van der Waals surface area contributed by atoms with Crippen molar-refractivity contribution in [2.45, 2.75) is 12.6 Å². The molecule has 0 saturated carbocycles. The van der Waals surface area contributed by atoms with Crippen molar-refractivity contribution in [1.82, 2.24) is 5.32 Å². The predicted octanol–water partition coefficient (Wildman–Crippen LogP) is 1.94. The first-order chi connectivity index (χ1) is 9.86. The van der Waals surface area contributed by atoms with Gasteiger partial charge in [0.05, 0.1) is 12.2 Å². The lowest BCUT2D eigenvalue weighted by Crippen LogP contribution is -2.26. The van der Waals surface area contributed by atoms with Gasteiger partial charge in [-0.05, 0) is 24.6 Å². The largest absolute Gasteiger partial charge is 0.419 e. The van der Waals surface area contributed by atoms with Crippen LogP contribution in [0, 0.1) is 5.82 Å². The standard InChI is InChI=1S/C13H16F4N2O2/c14-11-3-2-9(8-10(11)13(15,16)17)12(20)19-5-1-6-21-7-4-18/h2-3,8H,1,4-7,18H2,(H,19,20). The van der Waals surface area contributed by atoms with Crippen LogP contribution < -0.4 is 11.1 Å². The fourth-order valence-electron chi connectivity index (χ4n) is 1.55. The molecular formula is C13H16F4N2O2. The maximum Gasteiger partial charge on any atom is 0.419 e. The molecule has 0 unspecified atom stereocenters. The maximum absolute atomic E-state index is 13.1. The lowest BCUT2D eigenvalue weighted by atomic mass is 10.1. The highest BCUT2D eigenvalue weighted by molar-refractivity contribution is 5.94. The molecular weight excluding hydrogens is 292 g/mol. The van der Waals surface area contributed by atoms with E-state index in [0.717, 1.165) is 6.07 Å². The van der Waals surface area contributed by atoms with Crippen molar-refractivity contribution in [3.05, 3.63) is 35.1 Å². The minimum atomic E-state index is -4.84. The number of hydrogen-bond acceptors (Lipinski definition) is 3. The maximum atomic E-state index is 13.1. The molecule has 4 nitrogen and oxygen atoms in total. The summed E-state index contributed by atoms with van der Waals surface area (Å²) in [6.45, 7) is 1.42. The van der Waals surface area contributed by atoms with Crippen LogP contribution in [0.5, 0.6) is 0 Å². The van der Waals surface area contributed by atoms with Gasteiger partial charge in [-0.25, -0.2) is 4.39 Å². The molecule has 8 heteroatoms. The summed E-state index contributed by atoms with van der Waals surface area (Å²) in [6.07, 6.45) is -4.34. The summed E-state index contributed by atoms with van der Waals surface area (Å²) in [7, 11) is 0. The third kappa shape index (κ3) is 5.68. The predicted molar refractivity (Wildman–Crippen MR) is 68.2 cm³/mol. The molecule has 0 fully saturated rings. The highest BCUT2D eigenvalue weighted by Gasteiger charge is 2.34. The Kier molecular flexibility index (Phi) is 6.57. The van der Waals surface area contributed by atoms with Gasteiger partial charge in [0, 0.05) is 25.3 Å². The van der Waals surface area contributed by atoms with Crippen LogP contribution >= 0.6 is 0 Å². The number of ether oxygens (including phenoxy) is 1. The third-order valence-corrected chi connectivity index (χ3v) is 2.55. The summed E-state index contributed by atoms with van der Waals surface area (Å²) in [4.78, 5) is 11.7. The molecule has 0 bridgehead atoms. The summed E-state index contributed by atoms with van der Waals surface area (Å²) in [6, 6.07) is 2.13. The second kappa shape index (κ2) is 7.94. The van der Waals surface area contributed by atoms with Gasteiger partial charge >= 0.3 is 6.18 Å². The second-order valence-corrected chi connectivity index (χ2v) is 4.20. The first-order valence-corrected chi connectivity index (χ1v) is 6.29. The SMILES string of the molecule is NCCOCCCNC(=O)c1ccc(F)c(C(F)(F)F)c1. The van der Waals surface area contributed by atoms with Gasteiger partial charge in [0.2, 0.25) is 0 Å². The Morgan fingerprint density at radius 3 is 2.62 bits per heavy atom. The zero-order chi connectivity index (χ0) is 15.9. The van der Waals surface area contributed by atoms with Gasteiger partial charge in [0.25, 0.3) is 5.91 Å². The van der Waals surface area contributed by atoms with E-state index in [2.05, 4.69) is 5.32 Å². The molecule has 0 radical (unpaired) electrons. The summed E-state index contributed by atoms with van der Waals surface area (Å²) >= 11 is 0. The van der Waals surface area contributed by atoms with Crippen LogP contribution in [0.25, 0.3) is 0 Å². The first-order valence-electron chi connectivity index (χ1n) is 6.29. The molecule has 0 aliphatic heterocycles. The van der Waals surface area contributed by atoms with Crippen LogP contribution in [-0.4, -0.2) is 32.2 Å². The smallest absolute Gasteiger partial charge is 0.380 e. The summed E-state index contributed by atoms with van der Waals surface area (Å²) < 4.78 is 55.7. The number of benzene rings is 1. The average molecular weight is 308 g/mol. The van der Waals surface area contributed by atoms with Crippen molar-refractivity contribution in [2.24, 2.45) is 5.73 Å². The lowest BCUT2D eigenvalue weighted by molar-refractivity contribution is -0.140. The molecule has 21 heavy (non-hydrogen) atoms. The number of amides is 1. The normalized spacial score (nSPS) is 11.5. The van der Waals surface area contributed by atoms with Crippen molar-refractivity contribution in [3.63, 3.8) is 0 Å². The van der Waals surface area contributed by atoms with E-state index >= 15 is 0 Å². The molecule has 1 amide bonds. The Morgan fingerprint density at radius 2 is 2.00 bits per heavy atom. The van der Waals surface area contributed by atoms with Crippen molar-refractivity contribution in [2.75, 3.05) is 26.3 Å². The number of halogens is 4. The molecule has 0 saturated heterocycles. The van der Waals surface area contributed by atoms with Gasteiger partial charge < -0.3 is 15.8 Å². The number of rotatable bonds is 7. The molecule has 1 rings (SSSR count). The van der Waals surface area contributed by atoms with Crippen molar-refractivity contribution in [1.29, 1.82) is 0 Å². The van der Waals surface area contributed by atoms with E-state index in [1.54, 1.807) is 0 Å². The number of alkyl halides is 3. The van der Waals surface area contributed by atoms with E-state index in [0.29, 0.717) is 38.3 Å². The van der Waals surface area contributed by atoms with E-state index in [9.17, 15) is 22.4 Å². The number of carbonyl (C=O) groups excluding carboxylic acids is 1. The highest BCUT2D eigenvalue weighted by atomic mass is 19.4. The van der Waals surface area contributed by atoms with Crippen LogP contribution in [0.4, 0.5) is 17.6 Å². The molecule has 0 atom stereocenters. The quantitative estimate of drug-likeness (QED) is 0.598. The van der Waals surface area contributed by atoms with E-state index in [1.807, 2.05) is 0 Å². The number of hydrogen-bond donors (Lipinski definition) is 2. The van der Waals surface area contributed by atoms with Crippen molar-refractivity contribution < 1.29 is 27.1 Å². The van der Waals surface area contributed by atoms with Crippen LogP contribution in [0.2, 0.25) is 0 Å². The zero-order valence-corrected chi connectivity index (χ0v) is 11.2. The third-order valence-electron chi connectivity index (χ3n) is 2.55. The molecule has 0 aliphatic carbocycles. The van der Waals surface area contributed by atoms with Crippen LogP contribution in [0.1, 0.15) is 22.3 Å². The van der Waals surface area contributed by atoms with E-state index < -0.39 is 23.5 Å². The Balaban J connectivity index is 2.55. The second-order valence-electron chi connectivity index (χ2n) is 4.20. The monoisotopic (exact) mass is 308 g/mol. The Morgan fingerprint density at radius 1 is 1.29 bits per heavy atom. The van der Waals surface area contributed by atoms with E-state index in [4.69, 9.17) is 10.5 Å². The molecule has 0 spiro atoms. The van der Waals surface area contributed by atoms with Crippen LogP contribution in [0.15, 0.2) is 18.2 Å². The summed E-state index contributed by atoms with van der Waals surface area (Å²) in [5.41, 5.74) is 3.51. The lowest BCUT2D eigenvalue weighted by Gasteiger charge is -2.10. The Bertz CT molecular complexity index is 478. The summed E-state index contributed by atoms with van der Waals surface area (Å²) in [5.74, 6) is -2.10. The topological polar surface area (TPSA) is 64.3 Å². The Hall–Kier alpha value is -1.67. The van der Waals surface area contributed by atoms with Gasteiger partial charge in [-0.15, -0.1) is 0 Å². The molecule has 118 valence electrons. The molecule has 3 N–H and O–H groups in total. The minimum absolute atomic E-state index is 0.238. The fourth-order valence-corrected chi connectivity index (χ4v) is 1.55. The molecule has 0 heterocycles. The molecule has 0 aliphatic rings. The van der Waals surface area contributed by atoms with Crippen molar-refractivity contribution in [3.8, 4) is 0 Å². The van der Waals surface area contributed by atoms with Crippen molar-refractivity contribution >= 4 is 5.91 Å². The van der Waals surface area contributed by atoms with E-state index in [-0.39, 0.29) is 12.1 Å². The fraction of sp³-hybridized carbons (Fsp3) is 0.462. The van der Waals surface area contributed by atoms with Gasteiger partial charge in [-0.3, -0.25) is 4.79 Å². The van der Waals surface area contributed by atoms with E-state index in [1.165, 1.54) is 0 Å². The Labute approximate surface area is 119 Å². The highest BCUT2D eigenvalue weighted by Crippen LogP contribution is 2.31. The van der Waals surface area contributed by atoms with Gasteiger partial charge in [-0.1, -0.05) is 0 Å². The number of nitrogens with two attached hydrogens (primary N) is 1. The van der Waals surface area contributed by atoms with Gasteiger partial charge in [0.15, 0.2) is 0 Å².